The molecule has 0 spiro atoms. The van der Waals surface area contributed by atoms with Gasteiger partial charge in [-0.15, -0.1) is 0 Å². The lowest BCUT2D eigenvalue weighted by atomic mass is 10.1. The zero-order valence-corrected chi connectivity index (χ0v) is 13.5. The van der Waals surface area contributed by atoms with Crippen LogP contribution in [0.25, 0.3) is 0 Å². The van der Waals surface area contributed by atoms with E-state index in [4.69, 9.17) is 10.9 Å². The number of thioether (sulfide) groups is 1. The molecular formula is C13H17BrFN3OS. The van der Waals surface area contributed by atoms with Crippen molar-refractivity contribution < 1.29 is 9.60 Å². The molecule has 1 unspecified atom stereocenters. The molecule has 1 aliphatic rings. The minimum absolute atomic E-state index is 0.108. The maximum Gasteiger partial charge on any atom is 0.171 e. The molecule has 0 radical (unpaired) electrons. The number of nitrogens with zero attached hydrogens (tertiary/aromatic N) is 2. The Labute approximate surface area is 130 Å². The first-order chi connectivity index (χ1) is 9.58. The van der Waals surface area contributed by atoms with Crippen LogP contribution in [0.3, 0.4) is 0 Å². The van der Waals surface area contributed by atoms with Crippen LogP contribution in [-0.4, -0.2) is 35.1 Å². The van der Waals surface area contributed by atoms with Gasteiger partial charge in [-0.2, -0.15) is 11.8 Å². The Kier molecular flexibility index (Phi) is 5.15. The summed E-state index contributed by atoms with van der Waals surface area (Å²) in [5.74, 6) is 0.524. The zero-order valence-electron chi connectivity index (χ0n) is 11.1. The highest BCUT2D eigenvalue weighted by atomic mass is 79.9. The van der Waals surface area contributed by atoms with Crippen LogP contribution in [0.4, 0.5) is 10.1 Å². The Morgan fingerprint density at radius 1 is 1.65 bits per heavy atom. The first kappa shape index (κ1) is 15.4. The van der Waals surface area contributed by atoms with Gasteiger partial charge < -0.3 is 15.8 Å². The second kappa shape index (κ2) is 6.67. The van der Waals surface area contributed by atoms with Crippen LogP contribution in [0.5, 0.6) is 0 Å². The Bertz CT molecular complexity index is 527. The van der Waals surface area contributed by atoms with Gasteiger partial charge in [0.05, 0.1) is 10.2 Å². The number of nitrogens with two attached hydrogens (primary N) is 1. The molecule has 0 amide bonds. The van der Waals surface area contributed by atoms with E-state index in [-0.39, 0.29) is 16.1 Å². The molecule has 4 nitrogen and oxygen atoms in total. The van der Waals surface area contributed by atoms with Crippen LogP contribution in [0, 0.1) is 5.82 Å². The minimum Gasteiger partial charge on any atom is -0.409 e. The van der Waals surface area contributed by atoms with Gasteiger partial charge in [-0.05, 0) is 34.5 Å². The summed E-state index contributed by atoms with van der Waals surface area (Å²) in [5.41, 5.74) is 6.44. The Morgan fingerprint density at radius 2 is 2.40 bits per heavy atom. The van der Waals surface area contributed by atoms with E-state index in [0.29, 0.717) is 16.5 Å². The fourth-order valence-electron chi connectivity index (χ4n) is 2.22. The van der Waals surface area contributed by atoms with E-state index in [1.54, 1.807) is 12.1 Å². The van der Waals surface area contributed by atoms with Gasteiger partial charge in [-0.1, -0.05) is 12.1 Å². The highest BCUT2D eigenvalue weighted by molar-refractivity contribution is 9.10. The van der Waals surface area contributed by atoms with Gasteiger partial charge in [0.15, 0.2) is 11.7 Å². The van der Waals surface area contributed by atoms with Crippen molar-refractivity contribution in [3.8, 4) is 0 Å². The maximum atomic E-state index is 14.5. The third-order valence-electron chi connectivity index (χ3n) is 3.38. The second-order valence-corrected chi connectivity index (χ2v) is 6.79. The lowest BCUT2D eigenvalue weighted by Gasteiger charge is -2.34. The smallest absolute Gasteiger partial charge is 0.171 e. The Hall–Kier alpha value is -0.950. The summed E-state index contributed by atoms with van der Waals surface area (Å²) in [7, 11) is 0. The van der Waals surface area contributed by atoms with Gasteiger partial charge in [-0.3, -0.25) is 0 Å². The summed E-state index contributed by atoms with van der Waals surface area (Å²) in [6, 6.07) is 3.36. The van der Waals surface area contributed by atoms with Crippen molar-refractivity contribution in [2.45, 2.75) is 18.6 Å². The topological polar surface area (TPSA) is 61.8 Å². The zero-order chi connectivity index (χ0) is 14.7. The van der Waals surface area contributed by atoms with Crippen molar-refractivity contribution in [2.75, 3.05) is 23.7 Å². The summed E-state index contributed by atoms with van der Waals surface area (Å²) < 4.78 is 14.7. The summed E-state index contributed by atoms with van der Waals surface area (Å²) >= 11 is 5.13. The van der Waals surface area contributed by atoms with E-state index >= 15 is 0 Å². The third kappa shape index (κ3) is 3.03. The molecule has 1 atom stereocenters. The fraction of sp³-hybridized carbons (Fsp3) is 0.462. The number of anilines is 1. The van der Waals surface area contributed by atoms with E-state index in [2.05, 4.69) is 32.9 Å². The number of amidine groups is 1. The molecule has 110 valence electrons. The second-order valence-electron chi connectivity index (χ2n) is 4.59. The van der Waals surface area contributed by atoms with Crippen LogP contribution in [0.2, 0.25) is 0 Å². The number of halogens is 2. The normalized spacial score (nSPS) is 20.2. The first-order valence-electron chi connectivity index (χ1n) is 6.40. The van der Waals surface area contributed by atoms with Gasteiger partial charge >= 0.3 is 0 Å². The van der Waals surface area contributed by atoms with Crippen molar-refractivity contribution in [3.63, 3.8) is 0 Å². The number of oxime groups is 1. The molecule has 1 fully saturated rings. The number of rotatable bonds is 3. The maximum absolute atomic E-state index is 14.5. The van der Waals surface area contributed by atoms with Crippen molar-refractivity contribution in [1.82, 2.24) is 0 Å². The molecule has 1 heterocycles. The Balaban J connectivity index is 2.32. The number of hydrogen-bond acceptors (Lipinski definition) is 4. The van der Waals surface area contributed by atoms with Gasteiger partial charge in [0, 0.05) is 29.7 Å². The molecule has 0 aliphatic carbocycles. The van der Waals surface area contributed by atoms with E-state index in [1.807, 2.05) is 11.8 Å². The largest absolute Gasteiger partial charge is 0.409 e. The lowest BCUT2D eigenvalue weighted by Crippen LogP contribution is -2.38. The van der Waals surface area contributed by atoms with Crippen molar-refractivity contribution >= 4 is 39.2 Å². The average Bonchev–Trinajstić information content (AvgIpc) is 2.49. The Morgan fingerprint density at radius 3 is 3.05 bits per heavy atom. The number of hydrogen-bond donors (Lipinski definition) is 2. The summed E-state index contributed by atoms with van der Waals surface area (Å²) in [4.78, 5) is 2.06. The molecule has 3 N–H and O–H groups in total. The minimum atomic E-state index is -0.365. The molecule has 1 aliphatic heterocycles. The molecule has 2 rings (SSSR count). The SMILES string of the molecule is CCC1CN(c2ccc(/C(N)=N/O)c(Br)c2F)CCS1. The van der Waals surface area contributed by atoms with Crippen LogP contribution in [0.1, 0.15) is 18.9 Å². The molecule has 0 bridgehead atoms. The highest BCUT2D eigenvalue weighted by Gasteiger charge is 2.23. The van der Waals surface area contributed by atoms with E-state index in [9.17, 15) is 4.39 Å². The molecule has 20 heavy (non-hydrogen) atoms. The predicted molar refractivity (Wildman–Crippen MR) is 85.4 cm³/mol. The standard InChI is InChI=1S/C13H17BrFN3OS/c1-2-8-7-18(5-6-20-8)10-4-3-9(13(16)17-19)11(14)12(10)15/h3-4,8,19H,2,5-7H2,1H3,(H2,16,17). The average molecular weight is 362 g/mol. The third-order valence-corrected chi connectivity index (χ3v) is 5.53. The first-order valence-corrected chi connectivity index (χ1v) is 8.25. The molecule has 0 saturated carbocycles. The number of benzene rings is 1. The van der Waals surface area contributed by atoms with Crippen molar-refractivity contribution in [2.24, 2.45) is 10.9 Å². The van der Waals surface area contributed by atoms with Gasteiger partial charge in [0.25, 0.3) is 0 Å². The van der Waals surface area contributed by atoms with Crippen LogP contribution in [-0.2, 0) is 0 Å². The van der Waals surface area contributed by atoms with Crippen LogP contribution in [0.15, 0.2) is 21.8 Å². The molecule has 1 saturated heterocycles. The van der Waals surface area contributed by atoms with Crippen LogP contribution < -0.4 is 10.6 Å². The van der Waals surface area contributed by atoms with Gasteiger partial charge in [0.2, 0.25) is 0 Å². The molecule has 0 aromatic heterocycles. The summed E-state index contributed by atoms with van der Waals surface area (Å²) in [6.07, 6.45) is 1.08. The molecule has 1 aromatic rings. The van der Waals surface area contributed by atoms with E-state index in [1.165, 1.54) is 0 Å². The molecule has 1 aromatic carbocycles. The van der Waals surface area contributed by atoms with Crippen molar-refractivity contribution in [1.29, 1.82) is 0 Å². The van der Waals surface area contributed by atoms with E-state index in [0.717, 1.165) is 25.3 Å². The lowest BCUT2D eigenvalue weighted by molar-refractivity contribution is 0.318. The summed E-state index contributed by atoms with van der Waals surface area (Å²) in [5, 5.41) is 12.1. The van der Waals surface area contributed by atoms with Crippen molar-refractivity contribution in [3.05, 3.63) is 28.0 Å². The van der Waals surface area contributed by atoms with Gasteiger partial charge in [0.1, 0.15) is 0 Å². The summed E-state index contributed by atoms with van der Waals surface area (Å²) in [6.45, 7) is 3.82. The molecular weight excluding hydrogens is 345 g/mol. The predicted octanol–water partition coefficient (Wildman–Crippen LogP) is 3.01. The highest BCUT2D eigenvalue weighted by Crippen LogP contribution is 2.32. The fourth-order valence-corrected chi connectivity index (χ4v) is 3.94. The van der Waals surface area contributed by atoms with Gasteiger partial charge in [-0.25, -0.2) is 4.39 Å². The van der Waals surface area contributed by atoms with Crippen LogP contribution >= 0.6 is 27.7 Å². The monoisotopic (exact) mass is 361 g/mol. The van der Waals surface area contributed by atoms with E-state index < -0.39 is 0 Å². The molecule has 7 heteroatoms. The quantitative estimate of drug-likeness (QED) is 0.376.